The van der Waals surface area contributed by atoms with Crippen molar-refractivity contribution in [2.24, 2.45) is 17.3 Å². The molecule has 8 heteroatoms. The van der Waals surface area contributed by atoms with Gasteiger partial charge in [-0.3, -0.25) is 14.4 Å². The average Bonchev–Trinajstić information content (AvgIpc) is 3.23. The number of nitrogens with zero attached hydrogens (tertiary/aromatic N) is 2. The van der Waals surface area contributed by atoms with Crippen LogP contribution < -0.4 is 4.90 Å². The second kappa shape index (κ2) is 6.60. The molecule has 0 saturated carbocycles. The zero-order valence-electron chi connectivity index (χ0n) is 14.8. The van der Waals surface area contributed by atoms with Gasteiger partial charge in [0.1, 0.15) is 5.82 Å². The van der Waals surface area contributed by atoms with Gasteiger partial charge in [0, 0.05) is 38.6 Å². The number of ether oxygens (including phenoxy) is 1. The molecular weight excluding hydrogens is 355 g/mol. The summed E-state index contributed by atoms with van der Waals surface area (Å²) in [6.07, 6.45) is 0.382. The number of amides is 2. The first-order chi connectivity index (χ1) is 12.9. The van der Waals surface area contributed by atoms with Crippen LogP contribution in [0.5, 0.6) is 0 Å². The molecule has 27 heavy (non-hydrogen) atoms. The topological polar surface area (TPSA) is 87.2 Å². The highest BCUT2D eigenvalue weighted by atomic mass is 19.1. The molecule has 3 atom stereocenters. The number of halogens is 1. The highest BCUT2D eigenvalue weighted by molar-refractivity contribution is 6.00. The van der Waals surface area contributed by atoms with E-state index in [1.54, 1.807) is 17.0 Å². The molecule has 3 aliphatic rings. The number of carboxylic acid groups (broad SMARTS) is 1. The number of hydrogen-bond donors (Lipinski definition) is 1. The van der Waals surface area contributed by atoms with Crippen LogP contribution in [0.2, 0.25) is 0 Å². The molecule has 1 aromatic carbocycles. The second-order valence-electron chi connectivity index (χ2n) is 7.56. The number of carbonyl (C=O) groups excluding carboxylic acids is 2. The van der Waals surface area contributed by atoms with Crippen LogP contribution in [0.4, 0.5) is 10.1 Å². The van der Waals surface area contributed by atoms with Gasteiger partial charge in [-0.05, 0) is 18.6 Å². The Bertz CT molecular complexity index is 800. The Morgan fingerprint density at radius 3 is 2.74 bits per heavy atom. The molecule has 3 fully saturated rings. The fourth-order valence-electron chi connectivity index (χ4n) is 4.50. The van der Waals surface area contributed by atoms with Crippen LogP contribution in [-0.2, 0) is 19.1 Å². The average molecular weight is 376 g/mol. The van der Waals surface area contributed by atoms with E-state index in [1.807, 2.05) is 0 Å². The predicted molar refractivity (Wildman–Crippen MR) is 92.4 cm³/mol. The van der Waals surface area contributed by atoms with Crippen molar-refractivity contribution in [1.82, 2.24) is 4.90 Å². The monoisotopic (exact) mass is 376 g/mol. The van der Waals surface area contributed by atoms with Crippen LogP contribution in [0.3, 0.4) is 0 Å². The lowest BCUT2D eigenvalue weighted by atomic mass is 9.74. The summed E-state index contributed by atoms with van der Waals surface area (Å²) in [6, 6.07) is 5.98. The molecule has 0 aromatic heterocycles. The Balaban J connectivity index is 1.50. The Morgan fingerprint density at radius 2 is 2.04 bits per heavy atom. The quantitative estimate of drug-likeness (QED) is 0.855. The molecule has 3 aliphatic heterocycles. The smallest absolute Gasteiger partial charge is 0.311 e. The molecule has 0 bridgehead atoms. The first-order valence-corrected chi connectivity index (χ1v) is 9.07. The van der Waals surface area contributed by atoms with Crippen molar-refractivity contribution in [1.29, 1.82) is 0 Å². The second-order valence-corrected chi connectivity index (χ2v) is 7.56. The van der Waals surface area contributed by atoms with Crippen LogP contribution in [0.1, 0.15) is 12.8 Å². The lowest BCUT2D eigenvalue weighted by Crippen LogP contribution is -2.45. The third-order valence-electron chi connectivity index (χ3n) is 6.06. The molecule has 0 spiro atoms. The van der Waals surface area contributed by atoms with E-state index in [0.29, 0.717) is 26.2 Å². The van der Waals surface area contributed by atoms with Gasteiger partial charge in [0.2, 0.25) is 11.8 Å². The summed E-state index contributed by atoms with van der Waals surface area (Å²) in [5, 5.41) is 9.73. The van der Waals surface area contributed by atoms with E-state index in [0.717, 1.165) is 0 Å². The standard InChI is InChI=1S/C19H21FN2O5/c20-14-3-1-2-4-15(14)22-8-12(7-16(22)23)17(24)21-9-13-10-27-6-5-19(13,11-21)18(25)26/h1-4,12-13H,5-11H2,(H,25,26)/t12?,13-,19+/m0/s1. The van der Waals surface area contributed by atoms with Gasteiger partial charge in [-0.15, -0.1) is 0 Å². The van der Waals surface area contributed by atoms with Crippen LogP contribution in [-0.4, -0.2) is 60.6 Å². The van der Waals surface area contributed by atoms with Crippen molar-refractivity contribution in [2.45, 2.75) is 12.8 Å². The third-order valence-corrected chi connectivity index (χ3v) is 6.06. The number of aliphatic carboxylic acids is 1. The van der Waals surface area contributed by atoms with E-state index in [1.165, 1.54) is 17.0 Å². The number of carbonyl (C=O) groups is 3. The normalized spacial score (nSPS) is 30.5. The van der Waals surface area contributed by atoms with Crippen LogP contribution in [0.25, 0.3) is 0 Å². The number of fused-ring (bicyclic) bond motifs is 1. The molecule has 0 radical (unpaired) electrons. The summed E-state index contributed by atoms with van der Waals surface area (Å²) in [5.41, 5.74) is -0.801. The van der Waals surface area contributed by atoms with Gasteiger partial charge in [-0.2, -0.15) is 0 Å². The summed E-state index contributed by atoms with van der Waals surface area (Å²) in [4.78, 5) is 40.1. The summed E-state index contributed by atoms with van der Waals surface area (Å²) in [5.74, 6) is -2.78. The highest BCUT2D eigenvalue weighted by Gasteiger charge is 2.55. The lowest BCUT2D eigenvalue weighted by molar-refractivity contribution is -0.157. The molecule has 7 nitrogen and oxygen atoms in total. The minimum absolute atomic E-state index is 0.00487. The molecule has 3 saturated heterocycles. The summed E-state index contributed by atoms with van der Waals surface area (Å²) in [6.45, 7) is 1.25. The van der Waals surface area contributed by atoms with Crippen molar-refractivity contribution in [3.05, 3.63) is 30.1 Å². The summed E-state index contributed by atoms with van der Waals surface area (Å²) >= 11 is 0. The van der Waals surface area contributed by atoms with Crippen molar-refractivity contribution in [2.75, 3.05) is 37.7 Å². The minimum atomic E-state index is -0.970. The Hall–Kier alpha value is -2.48. The number of likely N-dealkylation sites (tertiary alicyclic amines) is 1. The molecule has 2 amide bonds. The minimum Gasteiger partial charge on any atom is -0.481 e. The largest absolute Gasteiger partial charge is 0.481 e. The van der Waals surface area contributed by atoms with Gasteiger partial charge in [-0.25, -0.2) is 4.39 Å². The maximum atomic E-state index is 14.0. The Kier molecular flexibility index (Phi) is 4.38. The number of para-hydroxylation sites is 1. The van der Waals surface area contributed by atoms with Gasteiger partial charge < -0.3 is 19.6 Å². The molecule has 1 N–H and O–H groups in total. The predicted octanol–water partition coefficient (Wildman–Crippen LogP) is 1.13. The van der Waals surface area contributed by atoms with Gasteiger partial charge in [-0.1, -0.05) is 12.1 Å². The summed E-state index contributed by atoms with van der Waals surface area (Å²) < 4.78 is 19.4. The fourth-order valence-corrected chi connectivity index (χ4v) is 4.50. The molecule has 1 aromatic rings. The van der Waals surface area contributed by atoms with Crippen molar-refractivity contribution in [3.8, 4) is 0 Å². The van der Waals surface area contributed by atoms with Gasteiger partial charge in [0.15, 0.2) is 0 Å². The number of anilines is 1. The fraction of sp³-hybridized carbons (Fsp3) is 0.526. The maximum absolute atomic E-state index is 14.0. The van der Waals surface area contributed by atoms with Gasteiger partial charge >= 0.3 is 5.97 Å². The Morgan fingerprint density at radius 1 is 1.26 bits per heavy atom. The zero-order chi connectivity index (χ0) is 19.2. The van der Waals surface area contributed by atoms with Crippen molar-refractivity contribution < 1.29 is 28.6 Å². The lowest BCUT2D eigenvalue weighted by Gasteiger charge is -2.33. The Labute approximate surface area is 155 Å². The van der Waals surface area contributed by atoms with Crippen LogP contribution in [0.15, 0.2) is 24.3 Å². The molecule has 3 heterocycles. The first-order valence-electron chi connectivity index (χ1n) is 9.07. The van der Waals surface area contributed by atoms with Crippen molar-refractivity contribution >= 4 is 23.5 Å². The van der Waals surface area contributed by atoms with E-state index in [2.05, 4.69) is 0 Å². The van der Waals surface area contributed by atoms with E-state index in [9.17, 15) is 23.9 Å². The van der Waals surface area contributed by atoms with Crippen molar-refractivity contribution in [3.63, 3.8) is 0 Å². The third kappa shape index (κ3) is 2.88. The highest BCUT2D eigenvalue weighted by Crippen LogP contribution is 2.43. The number of rotatable bonds is 3. The summed E-state index contributed by atoms with van der Waals surface area (Å²) in [7, 11) is 0. The SMILES string of the molecule is O=C(C1CC(=O)N(c2ccccc2F)C1)N1C[C@H]2COCC[C@@]2(C(=O)O)C1. The maximum Gasteiger partial charge on any atom is 0.311 e. The van der Waals surface area contributed by atoms with E-state index >= 15 is 0 Å². The van der Waals surface area contributed by atoms with E-state index in [4.69, 9.17) is 4.74 Å². The van der Waals surface area contributed by atoms with Crippen LogP contribution in [0, 0.1) is 23.1 Å². The van der Waals surface area contributed by atoms with Gasteiger partial charge in [0.05, 0.1) is 23.6 Å². The number of hydrogen-bond acceptors (Lipinski definition) is 4. The molecule has 0 aliphatic carbocycles. The number of carboxylic acids is 1. The first kappa shape index (κ1) is 17.9. The zero-order valence-corrected chi connectivity index (χ0v) is 14.8. The van der Waals surface area contributed by atoms with E-state index < -0.39 is 23.1 Å². The molecular formula is C19H21FN2O5. The van der Waals surface area contributed by atoms with Gasteiger partial charge in [0.25, 0.3) is 0 Å². The molecule has 1 unspecified atom stereocenters. The number of benzene rings is 1. The molecule has 144 valence electrons. The molecule has 4 rings (SSSR count). The van der Waals surface area contributed by atoms with E-state index in [-0.39, 0.29) is 42.9 Å². The van der Waals surface area contributed by atoms with Crippen LogP contribution >= 0.6 is 0 Å².